The fourth-order valence-electron chi connectivity index (χ4n) is 8.45. The summed E-state index contributed by atoms with van der Waals surface area (Å²) >= 11 is 7.94. The lowest BCUT2D eigenvalue weighted by Crippen LogP contribution is -2.04. The summed E-state index contributed by atoms with van der Waals surface area (Å²) in [6, 6.07) is 8.87. The Bertz CT molecular complexity index is 2430. The Morgan fingerprint density at radius 3 is 1.75 bits per heavy atom. The number of unbranched alkanes of at least 4 members (excludes halogenated alkanes) is 3. The molecule has 298 valence electrons. The molecular weight excluding hydrogens is 791 g/mol. The molecule has 1 atom stereocenters. The van der Waals surface area contributed by atoms with Gasteiger partial charge in [-0.25, -0.2) is 8.78 Å². The predicted octanol–water partition coefficient (Wildman–Crippen LogP) is 17.4. The lowest BCUT2D eigenvalue weighted by Gasteiger charge is -2.18. The summed E-state index contributed by atoms with van der Waals surface area (Å²) in [5.41, 5.74) is 6.49. The first-order valence-electron chi connectivity index (χ1n) is 20.8. The number of thiophene rings is 4. The Balaban J connectivity index is 1.35. The zero-order valence-corrected chi connectivity index (χ0v) is 38.4. The highest BCUT2D eigenvalue weighted by Gasteiger charge is 2.28. The first-order chi connectivity index (χ1) is 27.0. The van der Waals surface area contributed by atoms with E-state index in [1.54, 1.807) is 11.3 Å². The largest absolute Gasteiger partial charge is 0.203 e. The smallest absolute Gasteiger partial charge is 0.170 e. The van der Waals surface area contributed by atoms with Crippen LogP contribution < -0.4 is 0 Å². The number of aromatic nitrogens is 2. The van der Waals surface area contributed by atoms with E-state index in [1.807, 2.05) is 48.7 Å². The quantitative estimate of drug-likeness (QED) is 0.0860. The number of halogens is 2. The topological polar surface area (TPSA) is 25.8 Å². The molecule has 5 aromatic heterocycles. The second kappa shape index (κ2) is 18.1. The maximum Gasteiger partial charge on any atom is 0.170 e. The van der Waals surface area contributed by atoms with Gasteiger partial charge in [-0.1, -0.05) is 85.5 Å². The normalized spacial score (nSPS) is 12.8. The molecule has 2 nitrogen and oxygen atoms in total. The van der Waals surface area contributed by atoms with E-state index in [4.69, 9.17) is 0 Å². The van der Waals surface area contributed by atoms with Crippen LogP contribution in [0, 0.1) is 51.2 Å². The Morgan fingerprint density at radius 1 is 0.589 bits per heavy atom. The second-order valence-electron chi connectivity index (χ2n) is 16.2. The first kappa shape index (κ1) is 41.6. The highest BCUT2D eigenvalue weighted by Crippen LogP contribution is 2.50. The number of fused-ring (bicyclic) bond motifs is 3. The van der Waals surface area contributed by atoms with Crippen molar-refractivity contribution in [1.29, 1.82) is 0 Å². The minimum absolute atomic E-state index is 0.222. The first-order valence-corrected chi connectivity index (χ1v) is 24.8. The van der Waals surface area contributed by atoms with Crippen LogP contribution in [0.25, 0.3) is 61.8 Å². The molecule has 0 spiro atoms. The fourth-order valence-corrected chi connectivity index (χ4v) is 13.9. The average molecular weight is 847 g/mol. The minimum Gasteiger partial charge on any atom is -0.203 e. The summed E-state index contributed by atoms with van der Waals surface area (Å²) in [5, 5.41) is 2.87. The molecule has 0 saturated carbocycles. The molecule has 0 aliphatic rings. The van der Waals surface area contributed by atoms with Gasteiger partial charge in [0.15, 0.2) is 11.6 Å². The van der Waals surface area contributed by atoms with E-state index in [9.17, 15) is 0 Å². The summed E-state index contributed by atoms with van der Waals surface area (Å²) in [4.78, 5) is 6.21. The maximum atomic E-state index is 16.4. The summed E-state index contributed by atoms with van der Waals surface area (Å²) in [5.74, 6) is -0.242. The van der Waals surface area contributed by atoms with E-state index in [1.165, 1.54) is 123 Å². The van der Waals surface area contributed by atoms with Crippen LogP contribution in [0.4, 0.5) is 8.78 Å². The van der Waals surface area contributed by atoms with E-state index in [0.717, 1.165) is 51.4 Å². The molecule has 0 saturated heterocycles. The number of hydrogen-bond donors (Lipinski definition) is 0. The molecule has 0 amide bonds. The molecule has 9 heteroatoms. The molecule has 0 fully saturated rings. The summed E-state index contributed by atoms with van der Waals surface area (Å²) in [6.07, 6.45) is 16.1. The van der Waals surface area contributed by atoms with Gasteiger partial charge in [0.25, 0.3) is 0 Å². The third-order valence-electron chi connectivity index (χ3n) is 11.9. The van der Waals surface area contributed by atoms with E-state index in [0.29, 0.717) is 26.7 Å². The molecule has 0 N–H and O–H groups in total. The zero-order valence-electron chi connectivity index (χ0n) is 34.3. The highest BCUT2D eigenvalue weighted by atomic mass is 32.1. The molecule has 1 unspecified atom stereocenters. The van der Waals surface area contributed by atoms with E-state index in [-0.39, 0.29) is 11.1 Å². The fraction of sp³-hybridized carbons (Fsp3) is 0.489. The van der Waals surface area contributed by atoms with Crippen molar-refractivity contribution in [2.24, 2.45) is 11.8 Å². The van der Waals surface area contributed by atoms with Crippen molar-refractivity contribution in [3.05, 3.63) is 67.9 Å². The number of hydrogen-bond acceptors (Lipinski definition) is 7. The molecule has 2 aromatic carbocycles. The van der Waals surface area contributed by atoms with E-state index >= 15 is 8.78 Å². The summed E-state index contributed by atoms with van der Waals surface area (Å²) in [7, 11) is 0. The van der Waals surface area contributed by atoms with Gasteiger partial charge in [-0.3, -0.25) is 0 Å². The Hall–Kier alpha value is -2.56. The molecule has 0 aliphatic heterocycles. The molecular formula is C47H56F2N2S5. The molecule has 5 heterocycles. The van der Waals surface area contributed by atoms with Crippen LogP contribution in [-0.4, -0.2) is 8.75 Å². The Morgan fingerprint density at radius 2 is 1.14 bits per heavy atom. The van der Waals surface area contributed by atoms with Crippen LogP contribution >= 0.6 is 57.1 Å². The third-order valence-corrected chi connectivity index (χ3v) is 17.3. The van der Waals surface area contributed by atoms with Crippen molar-refractivity contribution in [1.82, 2.24) is 8.75 Å². The molecule has 0 bridgehead atoms. The van der Waals surface area contributed by atoms with Gasteiger partial charge in [-0.05, 0) is 123 Å². The van der Waals surface area contributed by atoms with Crippen LogP contribution in [0.5, 0.6) is 0 Å². The highest BCUT2D eigenvalue weighted by molar-refractivity contribution is 7.27. The monoisotopic (exact) mass is 846 g/mol. The SMILES string of the molecule is CCCCC(C)CCc1c2cc(-c3sc(-c4c(F)c(F)c(-c5cc(C)c(C)s5)c5nsnc45)cc3C)sc2c(CCC(CCCC)CCCC)c2cc(C)sc12. The van der Waals surface area contributed by atoms with Crippen LogP contribution in [0.2, 0.25) is 0 Å². The van der Waals surface area contributed by atoms with Crippen molar-refractivity contribution >= 4 is 88.3 Å². The van der Waals surface area contributed by atoms with Crippen molar-refractivity contribution < 1.29 is 8.78 Å². The van der Waals surface area contributed by atoms with Crippen LogP contribution in [0.3, 0.4) is 0 Å². The average Bonchev–Trinajstić information content (AvgIpc) is 4.02. The van der Waals surface area contributed by atoms with Crippen LogP contribution in [0.15, 0.2) is 24.3 Å². The van der Waals surface area contributed by atoms with Crippen molar-refractivity contribution in [3.8, 4) is 30.6 Å². The number of rotatable bonds is 18. The van der Waals surface area contributed by atoms with Gasteiger partial charge in [0.05, 0.1) is 22.9 Å². The maximum absolute atomic E-state index is 16.4. The van der Waals surface area contributed by atoms with Crippen LogP contribution in [0.1, 0.15) is 130 Å². The standard InChI is InChI=1S/C47H56F2N2S5/c1-9-12-15-26(4)18-20-32-35-25-38(55-47(35)33(34-24-29(7)52-46(32)34)21-19-31(16-13-10-2)17-14-11-3)45-28(6)23-37(54-45)40-42(49)41(48)39(43-44(40)51-56-50-43)36-22-27(5)30(8)53-36/h22-26,31H,9-21H2,1-8H3. The van der Waals surface area contributed by atoms with E-state index < -0.39 is 11.6 Å². The van der Waals surface area contributed by atoms with Crippen molar-refractivity contribution in [3.63, 3.8) is 0 Å². The van der Waals surface area contributed by atoms with Crippen LogP contribution in [-0.2, 0) is 12.8 Å². The Labute approximate surface area is 352 Å². The molecule has 0 aliphatic carbocycles. The zero-order chi connectivity index (χ0) is 39.7. The third kappa shape index (κ3) is 8.32. The lowest BCUT2D eigenvalue weighted by atomic mass is 9.88. The number of nitrogens with zero attached hydrogens (tertiary/aromatic N) is 2. The summed E-state index contributed by atoms with van der Waals surface area (Å²) in [6.45, 7) is 17.7. The van der Waals surface area contributed by atoms with Crippen molar-refractivity contribution in [2.75, 3.05) is 0 Å². The van der Waals surface area contributed by atoms with Gasteiger partial charge in [0.1, 0.15) is 11.0 Å². The van der Waals surface area contributed by atoms with E-state index in [2.05, 4.69) is 62.4 Å². The molecule has 7 rings (SSSR count). The number of aryl methyl sites for hydroxylation is 6. The molecule has 56 heavy (non-hydrogen) atoms. The lowest BCUT2D eigenvalue weighted by molar-refractivity contribution is 0.394. The van der Waals surface area contributed by atoms with Gasteiger partial charge >= 0.3 is 0 Å². The predicted molar refractivity (Wildman–Crippen MR) is 247 cm³/mol. The molecule has 7 aromatic rings. The second-order valence-corrected chi connectivity index (χ2v) is 21.3. The van der Waals surface area contributed by atoms with Gasteiger partial charge < -0.3 is 0 Å². The van der Waals surface area contributed by atoms with Gasteiger partial charge in [-0.2, -0.15) is 8.75 Å². The molecule has 0 radical (unpaired) electrons. The number of benzene rings is 2. The van der Waals surface area contributed by atoms with Gasteiger partial charge in [0.2, 0.25) is 0 Å². The summed E-state index contributed by atoms with van der Waals surface area (Å²) < 4.78 is 44.7. The van der Waals surface area contributed by atoms with Crippen molar-refractivity contribution in [2.45, 2.75) is 139 Å². The minimum atomic E-state index is -0.843. The van der Waals surface area contributed by atoms with Gasteiger partial charge in [-0.15, -0.1) is 45.3 Å². The van der Waals surface area contributed by atoms with Gasteiger partial charge in [0, 0.05) is 38.7 Å². The Kier molecular flexibility index (Phi) is 13.5.